The predicted molar refractivity (Wildman–Crippen MR) is 103 cm³/mol. The van der Waals surface area contributed by atoms with Crippen LogP contribution in [0, 0.1) is 13.8 Å². The number of rotatable bonds is 5. The van der Waals surface area contributed by atoms with E-state index in [0.29, 0.717) is 14.9 Å². The van der Waals surface area contributed by atoms with Crippen LogP contribution >= 0.6 is 35.0 Å². The lowest BCUT2D eigenvalue weighted by Crippen LogP contribution is -2.43. The standard InChI is InChI=1S/C18H18Cl2N2O2S/c1-11-3-4-13(7-12(11)2)8-17(23)21-22-18(24)10-25-16-9-14(19)5-6-15(16)20/h3-7,9H,8,10H2,1-2H3,(H,21,23)(H,22,24). The Bertz CT molecular complexity index is 797. The van der Waals surface area contributed by atoms with Crippen LogP contribution in [0.1, 0.15) is 16.7 Å². The van der Waals surface area contributed by atoms with Gasteiger partial charge in [0.25, 0.3) is 0 Å². The lowest BCUT2D eigenvalue weighted by molar-refractivity contribution is -0.127. The van der Waals surface area contributed by atoms with E-state index in [-0.39, 0.29) is 24.0 Å². The SMILES string of the molecule is Cc1ccc(CC(=O)NNC(=O)CSc2cc(Cl)ccc2Cl)cc1C. The molecule has 2 aromatic carbocycles. The third kappa shape index (κ3) is 6.27. The Kier molecular flexibility index (Phi) is 7.17. The minimum Gasteiger partial charge on any atom is -0.273 e. The molecule has 2 amide bonds. The molecule has 4 nitrogen and oxygen atoms in total. The molecular weight excluding hydrogens is 379 g/mol. The number of carbonyl (C=O) groups excluding carboxylic acids is 2. The Hall–Kier alpha value is -1.69. The third-order valence-corrected chi connectivity index (χ3v) is 5.26. The Balaban J connectivity index is 1.78. The molecule has 0 aliphatic heterocycles. The number of carbonyl (C=O) groups is 2. The maximum Gasteiger partial charge on any atom is 0.248 e. The minimum atomic E-state index is -0.325. The molecule has 2 rings (SSSR count). The zero-order valence-electron chi connectivity index (χ0n) is 13.9. The van der Waals surface area contributed by atoms with Crippen LogP contribution in [0.3, 0.4) is 0 Å². The van der Waals surface area contributed by atoms with Crippen LogP contribution in [-0.2, 0) is 16.0 Å². The molecule has 0 radical (unpaired) electrons. The molecule has 0 saturated carbocycles. The zero-order valence-corrected chi connectivity index (χ0v) is 16.2. The summed E-state index contributed by atoms with van der Waals surface area (Å²) < 4.78 is 0. The number of thioether (sulfide) groups is 1. The third-order valence-electron chi connectivity index (χ3n) is 3.53. The Morgan fingerprint density at radius 1 is 0.960 bits per heavy atom. The molecule has 0 heterocycles. The van der Waals surface area contributed by atoms with Gasteiger partial charge in [0.2, 0.25) is 11.8 Å². The molecule has 0 aliphatic carbocycles. The number of hydrogen-bond acceptors (Lipinski definition) is 3. The maximum absolute atomic E-state index is 11.9. The summed E-state index contributed by atoms with van der Waals surface area (Å²) in [5.74, 6) is -0.485. The van der Waals surface area contributed by atoms with E-state index in [1.165, 1.54) is 17.3 Å². The monoisotopic (exact) mass is 396 g/mol. The molecule has 0 unspecified atom stereocenters. The van der Waals surface area contributed by atoms with E-state index < -0.39 is 0 Å². The largest absolute Gasteiger partial charge is 0.273 e. The van der Waals surface area contributed by atoms with E-state index in [2.05, 4.69) is 10.9 Å². The van der Waals surface area contributed by atoms with Crippen molar-refractivity contribution in [2.24, 2.45) is 0 Å². The summed E-state index contributed by atoms with van der Waals surface area (Å²) in [5, 5.41) is 1.08. The van der Waals surface area contributed by atoms with Crippen LogP contribution in [-0.4, -0.2) is 17.6 Å². The van der Waals surface area contributed by atoms with Gasteiger partial charge in [-0.25, -0.2) is 0 Å². The Morgan fingerprint density at radius 3 is 2.40 bits per heavy atom. The van der Waals surface area contributed by atoms with Gasteiger partial charge in [-0.3, -0.25) is 20.4 Å². The number of hydrazine groups is 1. The second-order valence-electron chi connectivity index (χ2n) is 5.56. The van der Waals surface area contributed by atoms with E-state index in [1.54, 1.807) is 18.2 Å². The topological polar surface area (TPSA) is 58.2 Å². The van der Waals surface area contributed by atoms with Gasteiger partial charge in [0.1, 0.15) is 0 Å². The van der Waals surface area contributed by atoms with Crippen LogP contribution in [0.4, 0.5) is 0 Å². The maximum atomic E-state index is 11.9. The first-order chi connectivity index (χ1) is 11.8. The molecule has 0 fully saturated rings. The summed E-state index contributed by atoms with van der Waals surface area (Å²) in [6, 6.07) is 10.9. The summed E-state index contributed by atoms with van der Waals surface area (Å²) in [7, 11) is 0. The van der Waals surface area contributed by atoms with Gasteiger partial charge in [0.05, 0.1) is 17.2 Å². The van der Waals surface area contributed by atoms with Gasteiger partial charge in [-0.1, -0.05) is 41.4 Å². The zero-order chi connectivity index (χ0) is 18.4. The highest BCUT2D eigenvalue weighted by molar-refractivity contribution is 8.00. The summed E-state index contributed by atoms with van der Waals surface area (Å²) in [5.41, 5.74) is 8.02. The van der Waals surface area contributed by atoms with Crippen molar-refractivity contribution in [2.45, 2.75) is 25.2 Å². The smallest absolute Gasteiger partial charge is 0.248 e. The van der Waals surface area contributed by atoms with Gasteiger partial charge in [-0.05, 0) is 48.7 Å². The highest BCUT2D eigenvalue weighted by Crippen LogP contribution is 2.29. The average molecular weight is 397 g/mol. The number of nitrogens with one attached hydrogen (secondary N) is 2. The molecule has 2 N–H and O–H groups in total. The molecular formula is C18H18Cl2N2O2S. The van der Waals surface area contributed by atoms with Gasteiger partial charge < -0.3 is 0 Å². The van der Waals surface area contributed by atoms with Gasteiger partial charge in [0, 0.05) is 9.92 Å². The second kappa shape index (κ2) is 9.13. The van der Waals surface area contributed by atoms with Crippen molar-refractivity contribution in [2.75, 3.05) is 5.75 Å². The highest BCUT2D eigenvalue weighted by atomic mass is 35.5. The van der Waals surface area contributed by atoms with Crippen molar-refractivity contribution in [3.63, 3.8) is 0 Å². The van der Waals surface area contributed by atoms with Crippen molar-refractivity contribution in [3.8, 4) is 0 Å². The minimum absolute atomic E-state index is 0.115. The van der Waals surface area contributed by atoms with E-state index in [0.717, 1.165) is 11.1 Å². The van der Waals surface area contributed by atoms with E-state index in [9.17, 15) is 9.59 Å². The van der Waals surface area contributed by atoms with E-state index in [1.807, 2.05) is 32.0 Å². The van der Waals surface area contributed by atoms with Crippen molar-refractivity contribution in [3.05, 3.63) is 63.1 Å². The number of benzene rings is 2. The first kappa shape index (κ1) is 19.6. The van der Waals surface area contributed by atoms with Crippen LogP contribution in [0.15, 0.2) is 41.3 Å². The molecule has 0 aliphatic rings. The van der Waals surface area contributed by atoms with Gasteiger partial charge in [-0.2, -0.15) is 0 Å². The normalized spacial score (nSPS) is 10.4. The summed E-state index contributed by atoms with van der Waals surface area (Å²) in [6.07, 6.45) is 0.203. The second-order valence-corrected chi connectivity index (χ2v) is 7.42. The number of halogens is 2. The molecule has 0 bridgehead atoms. The Labute approximate surface area is 161 Å². The number of aryl methyl sites for hydroxylation is 2. The molecule has 2 aromatic rings. The molecule has 0 atom stereocenters. The summed E-state index contributed by atoms with van der Waals surface area (Å²) >= 11 is 13.2. The number of hydrogen-bond donors (Lipinski definition) is 2. The van der Waals surface area contributed by atoms with Crippen LogP contribution in [0.25, 0.3) is 0 Å². The van der Waals surface area contributed by atoms with Crippen LogP contribution in [0.5, 0.6) is 0 Å². The van der Waals surface area contributed by atoms with E-state index >= 15 is 0 Å². The van der Waals surface area contributed by atoms with Gasteiger partial charge in [-0.15, -0.1) is 11.8 Å². The Morgan fingerprint density at radius 2 is 1.68 bits per heavy atom. The lowest BCUT2D eigenvalue weighted by atomic mass is 10.0. The van der Waals surface area contributed by atoms with Crippen LogP contribution in [0.2, 0.25) is 10.0 Å². The van der Waals surface area contributed by atoms with Crippen molar-refractivity contribution in [1.29, 1.82) is 0 Å². The quantitative estimate of drug-likeness (QED) is 0.590. The van der Waals surface area contributed by atoms with E-state index in [4.69, 9.17) is 23.2 Å². The molecule has 0 saturated heterocycles. The van der Waals surface area contributed by atoms with Crippen molar-refractivity contribution >= 4 is 46.8 Å². The molecule has 0 aromatic heterocycles. The van der Waals surface area contributed by atoms with Gasteiger partial charge >= 0.3 is 0 Å². The fraction of sp³-hybridized carbons (Fsp3) is 0.222. The fourth-order valence-electron chi connectivity index (χ4n) is 2.05. The molecule has 7 heteroatoms. The number of amides is 2. The summed E-state index contributed by atoms with van der Waals surface area (Å²) in [4.78, 5) is 24.5. The highest BCUT2D eigenvalue weighted by Gasteiger charge is 2.09. The fourth-order valence-corrected chi connectivity index (χ4v) is 3.34. The first-order valence-corrected chi connectivity index (χ1v) is 9.31. The van der Waals surface area contributed by atoms with Crippen LogP contribution < -0.4 is 10.9 Å². The van der Waals surface area contributed by atoms with Crippen molar-refractivity contribution in [1.82, 2.24) is 10.9 Å². The average Bonchev–Trinajstić information content (AvgIpc) is 2.57. The summed E-state index contributed by atoms with van der Waals surface area (Å²) in [6.45, 7) is 4.01. The predicted octanol–water partition coefficient (Wildman–Crippen LogP) is 4.09. The van der Waals surface area contributed by atoms with Gasteiger partial charge in [0.15, 0.2) is 0 Å². The molecule has 132 valence electrons. The lowest BCUT2D eigenvalue weighted by Gasteiger charge is -2.09. The molecule has 25 heavy (non-hydrogen) atoms. The molecule has 0 spiro atoms. The first-order valence-electron chi connectivity index (χ1n) is 7.57. The van der Waals surface area contributed by atoms with Crippen molar-refractivity contribution < 1.29 is 9.59 Å².